The number of para-hydroxylation sites is 2. The number of rotatable bonds is 9. The Labute approximate surface area is 172 Å². The molecule has 0 aliphatic rings. The predicted molar refractivity (Wildman–Crippen MR) is 117 cm³/mol. The van der Waals surface area contributed by atoms with Crippen LogP contribution in [0.2, 0.25) is 0 Å². The van der Waals surface area contributed by atoms with Gasteiger partial charge in [-0.05, 0) is 56.5 Å². The summed E-state index contributed by atoms with van der Waals surface area (Å²) >= 11 is 0. The minimum absolute atomic E-state index is 0.116. The average Bonchev–Trinajstić information content (AvgIpc) is 3.05. The van der Waals surface area contributed by atoms with Crippen molar-refractivity contribution < 1.29 is 9.53 Å². The summed E-state index contributed by atoms with van der Waals surface area (Å²) in [5.41, 5.74) is 5.03. The van der Waals surface area contributed by atoms with Crippen LogP contribution in [0.4, 0.5) is 0 Å². The third kappa shape index (κ3) is 5.05. The monoisotopic (exact) mass is 391 g/mol. The second-order valence-electron chi connectivity index (χ2n) is 7.35. The van der Waals surface area contributed by atoms with Gasteiger partial charge in [0.25, 0.3) is 0 Å². The van der Waals surface area contributed by atoms with Gasteiger partial charge in [-0.3, -0.25) is 4.79 Å². The summed E-state index contributed by atoms with van der Waals surface area (Å²) in [5.74, 6) is 1.80. The number of ether oxygens (including phenoxy) is 1. The molecule has 0 spiro atoms. The van der Waals surface area contributed by atoms with Gasteiger partial charge in [0, 0.05) is 25.1 Å². The summed E-state index contributed by atoms with van der Waals surface area (Å²) in [7, 11) is 0. The zero-order valence-electron chi connectivity index (χ0n) is 17.5. The first-order valence-electron chi connectivity index (χ1n) is 10.0. The highest BCUT2D eigenvalue weighted by atomic mass is 16.5. The van der Waals surface area contributed by atoms with Gasteiger partial charge in [-0.15, -0.1) is 0 Å². The lowest BCUT2D eigenvalue weighted by Gasteiger charge is -2.13. The molecule has 1 aromatic heterocycles. The second kappa shape index (κ2) is 9.41. The van der Waals surface area contributed by atoms with Crippen LogP contribution in [-0.4, -0.2) is 28.6 Å². The molecular formula is C24H29N3O2. The number of nitrogens with one attached hydrogen (secondary N) is 1. The van der Waals surface area contributed by atoms with Crippen LogP contribution in [0.25, 0.3) is 11.0 Å². The Morgan fingerprint density at radius 1 is 1.17 bits per heavy atom. The number of carbonyl (C=O) groups is 1. The molecule has 0 aliphatic carbocycles. The van der Waals surface area contributed by atoms with Gasteiger partial charge in [0.15, 0.2) is 0 Å². The van der Waals surface area contributed by atoms with E-state index in [-0.39, 0.29) is 5.91 Å². The maximum Gasteiger partial charge on any atom is 0.246 e. The SMILES string of the molecule is C=C(C)C(=O)NCCc1nc2ccccc2n1CCCOc1cccc(C)c1C. The molecule has 5 heteroatoms. The molecule has 0 bridgehead atoms. The molecule has 1 N–H and O–H groups in total. The van der Waals surface area contributed by atoms with E-state index in [0.717, 1.165) is 35.6 Å². The van der Waals surface area contributed by atoms with Gasteiger partial charge in [-0.2, -0.15) is 0 Å². The fraction of sp³-hybridized carbons (Fsp3) is 0.333. The van der Waals surface area contributed by atoms with Crippen LogP contribution in [-0.2, 0) is 17.8 Å². The molecule has 2 aromatic carbocycles. The van der Waals surface area contributed by atoms with Crippen LogP contribution in [0.1, 0.15) is 30.3 Å². The lowest BCUT2D eigenvalue weighted by molar-refractivity contribution is -0.117. The van der Waals surface area contributed by atoms with Gasteiger partial charge >= 0.3 is 0 Å². The van der Waals surface area contributed by atoms with E-state index in [2.05, 4.69) is 42.4 Å². The van der Waals surface area contributed by atoms with E-state index in [1.165, 1.54) is 11.1 Å². The number of hydrogen-bond donors (Lipinski definition) is 1. The second-order valence-corrected chi connectivity index (χ2v) is 7.35. The Balaban J connectivity index is 1.65. The van der Waals surface area contributed by atoms with E-state index in [4.69, 9.17) is 9.72 Å². The normalized spacial score (nSPS) is 10.9. The molecular weight excluding hydrogens is 362 g/mol. The highest BCUT2D eigenvalue weighted by molar-refractivity contribution is 5.92. The van der Waals surface area contributed by atoms with Crippen molar-refractivity contribution >= 4 is 16.9 Å². The number of hydrogen-bond acceptors (Lipinski definition) is 3. The standard InChI is InChI=1S/C24H29N3O2/c1-17(2)24(28)25-14-13-23-26-20-10-5-6-11-21(20)27(23)15-8-16-29-22-12-7-9-18(3)19(22)4/h5-7,9-12H,1,8,13-16H2,2-4H3,(H,25,28). The van der Waals surface area contributed by atoms with Crippen LogP contribution < -0.4 is 10.1 Å². The van der Waals surface area contributed by atoms with E-state index >= 15 is 0 Å². The smallest absolute Gasteiger partial charge is 0.246 e. The zero-order valence-corrected chi connectivity index (χ0v) is 17.5. The number of imidazole rings is 1. The first-order valence-corrected chi connectivity index (χ1v) is 10.0. The molecule has 5 nitrogen and oxygen atoms in total. The van der Waals surface area contributed by atoms with E-state index in [1.807, 2.05) is 30.3 Å². The Kier molecular flexibility index (Phi) is 6.70. The summed E-state index contributed by atoms with van der Waals surface area (Å²) < 4.78 is 8.24. The summed E-state index contributed by atoms with van der Waals surface area (Å²) in [4.78, 5) is 16.5. The number of fused-ring (bicyclic) bond motifs is 1. The number of benzene rings is 2. The van der Waals surface area contributed by atoms with Gasteiger partial charge in [0.1, 0.15) is 11.6 Å². The molecule has 3 aromatic rings. The van der Waals surface area contributed by atoms with E-state index in [0.29, 0.717) is 25.1 Å². The molecule has 0 atom stereocenters. The van der Waals surface area contributed by atoms with Crippen molar-refractivity contribution in [3.63, 3.8) is 0 Å². The molecule has 0 radical (unpaired) electrons. The number of amides is 1. The Morgan fingerprint density at radius 2 is 1.97 bits per heavy atom. The summed E-state index contributed by atoms with van der Waals surface area (Å²) in [5, 5.41) is 2.89. The van der Waals surface area contributed by atoms with Crippen LogP contribution in [0.15, 0.2) is 54.6 Å². The Hall–Kier alpha value is -3.08. The van der Waals surface area contributed by atoms with E-state index < -0.39 is 0 Å². The summed E-state index contributed by atoms with van der Waals surface area (Å²) in [6.45, 7) is 11.6. The topological polar surface area (TPSA) is 56.2 Å². The van der Waals surface area contributed by atoms with Crippen LogP contribution >= 0.6 is 0 Å². The summed E-state index contributed by atoms with van der Waals surface area (Å²) in [6.07, 6.45) is 1.55. The van der Waals surface area contributed by atoms with Crippen LogP contribution in [0.5, 0.6) is 5.75 Å². The van der Waals surface area contributed by atoms with Crippen LogP contribution in [0, 0.1) is 13.8 Å². The highest BCUT2D eigenvalue weighted by Gasteiger charge is 2.11. The molecule has 0 saturated heterocycles. The maximum atomic E-state index is 11.7. The maximum absolute atomic E-state index is 11.7. The van der Waals surface area contributed by atoms with Crippen molar-refractivity contribution in [2.24, 2.45) is 0 Å². The van der Waals surface area contributed by atoms with Crippen molar-refractivity contribution in [3.8, 4) is 5.75 Å². The zero-order chi connectivity index (χ0) is 20.8. The Morgan fingerprint density at radius 3 is 2.76 bits per heavy atom. The molecule has 0 unspecified atom stereocenters. The average molecular weight is 392 g/mol. The largest absolute Gasteiger partial charge is 0.493 e. The van der Waals surface area contributed by atoms with Gasteiger partial charge in [-0.25, -0.2) is 4.98 Å². The molecule has 0 aliphatic heterocycles. The Bertz CT molecular complexity index is 1020. The molecule has 29 heavy (non-hydrogen) atoms. The van der Waals surface area contributed by atoms with Crippen molar-refractivity contribution in [1.29, 1.82) is 0 Å². The van der Waals surface area contributed by atoms with Gasteiger partial charge in [0.05, 0.1) is 17.6 Å². The molecule has 152 valence electrons. The molecule has 0 fully saturated rings. The van der Waals surface area contributed by atoms with Crippen molar-refractivity contribution in [3.05, 3.63) is 71.6 Å². The van der Waals surface area contributed by atoms with Gasteiger partial charge in [0.2, 0.25) is 5.91 Å². The first-order chi connectivity index (χ1) is 14.0. The third-order valence-electron chi connectivity index (χ3n) is 5.09. The fourth-order valence-corrected chi connectivity index (χ4v) is 3.29. The van der Waals surface area contributed by atoms with E-state index in [1.54, 1.807) is 6.92 Å². The molecule has 1 heterocycles. The lowest BCUT2D eigenvalue weighted by atomic mass is 10.1. The van der Waals surface area contributed by atoms with Crippen molar-refractivity contribution in [2.75, 3.05) is 13.2 Å². The van der Waals surface area contributed by atoms with Crippen LogP contribution in [0.3, 0.4) is 0 Å². The number of aromatic nitrogens is 2. The van der Waals surface area contributed by atoms with Crippen molar-refractivity contribution in [2.45, 2.75) is 40.2 Å². The first kappa shape index (κ1) is 20.6. The third-order valence-corrected chi connectivity index (χ3v) is 5.09. The fourth-order valence-electron chi connectivity index (χ4n) is 3.29. The highest BCUT2D eigenvalue weighted by Crippen LogP contribution is 2.21. The number of nitrogens with zero attached hydrogens (tertiary/aromatic N) is 2. The lowest BCUT2D eigenvalue weighted by Crippen LogP contribution is -2.26. The summed E-state index contributed by atoms with van der Waals surface area (Å²) in [6, 6.07) is 14.3. The minimum atomic E-state index is -0.116. The molecule has 3 rings (SSSR count). The molecule has 0 saturated carbocycles. The molecule has 1 amide bonds. The predicted octanol–water partition coefficient (Wildman–Crippen LogP) is 4.36. The minimum Gasteiger partial charge on any atom is -0.493 e. The number of carbonyl (C=O) groups excluding carboxylic acids is 1. The quantitative estimate of drug-likeness (QED) is 0.436. The number of aryl methyl sites for hydroxylation is 2. The van der Waals surface area contributed by atoms with Crippen molar-refractivity contribution in [1.82, 2.24) is 14.9 Å². The van der Waals surface area contributed by atoms with Gasteiger partial charge in [-0.1, -0.05) is 30.8 Å². The van der Waals surface area contributed by atoms with Gasteiger partial charge < -0.3 is 14.6 Å². The van der Waals surface area contributed by atoms with E-state index in [9.17, 15) is 4.79 Å².